The van der Waals surface area contributed by atoms with Gasteiger partial charge in [-0.1, -0.05) is 42.5 Å². The van der Waals surface area contributed by atoms with Crippen molar-refractivity contribution in [3.63, 3.8) is 0 Å². The molecular weight excluding hydrogens is 450 g/mol. The van der Waals surface area contributed by atoms with Crippen molar-refractivity contribution in [3.8, 4) is 11.4 Å². The summed E-state index contributed by atoms with van der Waals surface area (Å²) >= 11 is 0. The lowest BCUT2D eigenvalue weighted by Gasteiger charge is -2.19. The number of carbonyl (C=O) groups excluding carboxylic acids is 2. The van der Waals surface area contributed by atoms with Crippen LogP contribution >= 0.6 is 0 Å². The summed E-state index contributed by atoms with van der Waals surface area (Å²) in [5.41, 5.74) is 1.33. The first kappa shape index (κ1) is 23.4. The molecular formula is C25H23N5O5. The smallest absolute Gasteiger partial charge is 0.377 e. The molecule has 178 valence electrons. The number of hydrogen-bond acceptors (Lipinski definition) is 7. The zero-order chi connectivity index (χ0) is 24.8. The van der Waals surface area contributed by atoms with Crippen LogP contribution in [0.5, 0.6) is 5.75 Å². The number of aromatic nitrogens is 4. The minimum atomic E-state index is -0.737. The van der Waals surface area contributed by atoms with Crippen LogP contribution in [-0.2, 0) is 11.3 Å². The largest absolute Gasteiger partial charge is 0.494 e. The summed E-state index contributed by atoms with van der Waals surface area (Å²) in [7, 11) is 1.47. The van der Waals surface area contributed by atoms with Crippen LogP contribution < -0.4 is 15.3 Å². The highest BCUT2D eigenvalue weighted by molar-refractivity contribution is 5.94. The van der Waals surface area contributed by atoms with Gasteiger partial charge in [0.2, 0.25) is 0 Å². The number of tetrazole rings is 1. The highest BCUT2D eigenvalue weighted by atomic mass is 16.5. The lowest BCUT2D eigenvalue weighted by molar-refractivity contribution is 0.0472. The van der Waals surface area contributed by atoms with E-state index in [1.54, 1.807) is 55.5 Å². The van der Waals surface area contributed by atoms with E-state index in [9.17, 15) is 14.4 Å². The number of amides is 1. The number of carbonyl (C=O) groups is 2. The Kier molecular flexibility index (Phi) is 7.01. The molecule has 0 bridgehead atoms. The summed E-state index contributed by atoms with van der Waals surface area (Å²) in [6.45, 7) is 2.17. The predicted octanol–water partition coefficient (Wildman–Crippen LogP) is 3.29. The van der Waals surface area contributed by atoms with Crippen molar-refractivity contribution in [1.82, 2.24) is 19.8 Å². The third-order valence-corrected chi connectivity index (χ3v) is 5.25. The molecule has 1 heterocycles. The van der Waals surface area contributed by atoms with Crippen molar-refractivity contribution < 1.29 is 19.1 Å². The summed E-state index contributed by atoms with van der Waals surface area (Å²) in [6.07, 6.45) is 0. The molecule has 0 radical (unpaired) electrons. The van der Waals surface area contributed by atoms with Gasteiger partial charge in [0, 0.05) is 12.2 Å². The third kappa shape index (κ3) is 4.96. The maximum atomic E-state index is 13.1. The van der Waals surface area contributed by atoms with E-state index in [0.717, 1.165) is 10.2 Å². The SMILES string of the molecule is CCN(C(=O)n1nnn(-c2ccccc2OC)c1=O)c1ccc(C(=O)OCc2ccccc2)cc1. The van der Waals surface area contributed by atoms with Crippen LogP contribution in [0.1, 0.15) is 22.8 Å². The van der Waals surface area contributed by atoms with Crippen LogP contribution in [0.15, 0.2) is 83.7 Å². The summed E-state index contributed by atoms with van der Waals surface area (Å²) in [6, 6.07) is 21.8. The lowest BCUT2D eigenvalue weighted by atomic mass is 10.2. The molecule has 10 heteroatoms. The number of anilines is 1. The molecule has 0 fully saturated rings. The Morgan fingerprint density at radius 1 is 0.914 bits per heavy atom. The first-order valence-electron chi connectivity index (χ1n) is 10.8. The minimum absolute atomic E-state index is 0.159. The highest BCUT2D eigenvalue weighted by Gasteiger charge is 2.23. The normalized spacial score (nSPS) is 10.6. The fraction of sp³-hybridized carbons (Fsp3) is 0.160. The number of ether oxygens (including phenoxy) is 2. The van der Waals surface area contributed by atoms with E-state index in [4.69, 9.17) is 9.47 Å². The van der Waals surface area contributed by atoms with Crippen LogP contribution in [0.3, 0.4) is 0 Å². The van der Waals surface area contributed by atoms with Crippen molar-refractivity contribution in [2.45, 2.75) is 13.5 Å². The average molecular weight is 473 g/mol. The van der Waals surface area contributed by atoms with Gasteiger partial charge in [-0.15, -0.1) is 4.68 Å². The average Bonchev–Trinajstić information content (AvgIpc) is 3.29. The Morgan fingerprint density at radius 3 is 2.29 bits per heavy atom. The molecule has 1 aromatic heterocycles. The summed E-state index contributed by atoms with van der Waals surface area (Å²) in [4.78, 5) is 39.8. The van der Waals surface area contributed by atoms with Gasteiger partial charge in [0.15, 0.2) is 0 Å². The first-order chi connectivity index (χ1) is 17.0. The molecule has 0 unspecified atom stereocenters. The fourth-order valence-corrected chi connectivity index (χ4v) is 3.45. The van der Waals surface area contributed by atoms with Crippen molar-refractivity contribution in [3.05, 3.63) is 100 Å². The Labute approximate surface area is 200 Å². The molecule has 35 heavy (non-hydrogen) atoms. The van der Waals surface area contributed by atoms with Gasteiger partial charge in [-0.2, -0.15) is 4.68 Å². The molecule has 4 rings (SSSR count). The van der Waals surface area contributed by atoms with Crippen LogP contribution in [0.25, 0.3) is 5.69 Å². The second kappa shape index (κ2) is 10.5. The van der Waals surface area contributed by atoms with Crippen molar-refractivity contribution in [1.29, 1.82) is 0 Å². The number of rotatable bonds is 7. The highest BCUT2D eigenvalue weighted by Crippen LogP contribution is 2.20. The Morgan fingerprint density at radius 2 is 1.60 bits per heavy atom. The van der Waals surface area contributed by atoms with Gasteiger partial charge in [0.25, 0.3) is 0 Å². The van der Waals surface area contributed by atoms with E-state index >= 15 is 0 Å². The van der Waals surface area contributed by atoms with Gasteiger partial charge in [-0.05, 0) is 59.3 Å². The molecule has 0 saturated carbocycles. The number of methoxy groups -OCH3 is 1. The zero-order valence-electron chi connectivity index (χ0n) is 19.2. The number of esters is 1. The van der Waals surface area contributed by atoms with E-state index in [1.807, 2.05) is 30.3 Å². The monoisotopic (exact) mass is 473 g/mol. The molecule has 0 aliphatic heterocycles. The molecule has 1 amide bonds. The molecule has 0 atom stereocenters. The van der Waals surface area contributed by atoms with Crippen molar-refractivity contribution in [2.75, 3.05) is 18.6 Å². The minimum Gasteiger partial charge on any atom is -0.494 e. The summed E-state index contributed by atoms with van der Waals surface area (Å²) in [5.74, 6) is -0.0677. The Hall–Kier alpha value is -4.73. The topological polar surface area (TPSA) is 109 Å². The predicted molar refractivity (Wildman–Crippen MR) is 128 cm³/mol. The van der Waals surface area contributed by atoms with Gasteiger partial charge >= 0.3 is 17.7 Å². The second-order valence-corrected chi connectivity index (χ2v) is 7.39. The van der Waals surface area contributed by atoms with Gasteiger partial charge < -0.3 is 9.47 Å². The third-order valence-electron chi connectivity index (χ3n) is 5.25. The van der Waals surface area contributed by atoms with Gasteiger partial charge in [-0.3, -0.25) is 4.90 Å². The number of benzene rings is 3. The number of nitrogens with zero attached hydrogens (tertiary/aromatic N) is 5. The van der Waals surface area contributed by atoms with Gasteiger partial charge in [0.1, 0.15) is 18.0 Å². The van der Waals surface area contributed by atoms with E-state index in [0.29, 0.717) is 27.4 Å². The summed E-state index contributed by atoms with van der Waals surface area (Å²) < 4.78 is 12.3. The van der Waals surface area contributed by atoms with Crippen LogP contribution in [0.4, 0.5) is 10.5 Å². The Bertz CT molecular complexity index is 1380. The molecule has 4 aromatic rings. The Balaban J connectivity index is 1.51. The van der Waals surface area contributed by atoms with E-state index in [-0.39, 0.29) is 13.2 Å². The van der Waals surface area contributed by atoms with Gasteiger partial charge in [-0.25, -0.2) is 14.4 Å². The molecule has 0 saturated heterocycles. The first-order valence-corrected chi connectivity index (χ1v) is 10.8. The molecule has 3 aromatic carbocycles. The van der Waals surface area contributed by atoms with E-state index in [1.165, 1.54) is 12.0 Å². The zero-order valence-corrected chi connectivity index (χ0v) is 19.2. The molecule has 0 aliphatic rings. The van der Waals surface area contributed by atoms with E-state index < -0.39 is 17.7 Å². The van der Waals surface area contributed by atoms with Crippen molar-refractivity contribution >= 4 is 17.7 Å². The molecule has 0 aliphatic carbocycles. The van der Waals surface area contributed by atoms with Crippen LogP contribution in [0, 0.1) is 0 Å². The number of para-hydroxylation sites is 2. The maximum Gasteiger partial charge on any atom is 0.377 e. The standard InChI is InChI=1S/C25H23N5O5/c1-3-28(20-15-13-19(14-16-20)23(31)35-17-18-9-5-4-6-10-18)24(32)30-25(33)29(26-27-30)21-11-7-8-12-22(21)34-2/h4-16H,3,17H2,1-2H3. The molecule has 0 N–H and O–H groups in total. The molecule has 0 spiro atoms. The van der Waals surface area contributed by atoms with Crippen LogP contribution in [-0.4, -0.2) is 45.4 Å². The fourth-order valence-electron chi connectivity index (χ4n) is 3.45. The summed E-state index contributed by atoms with van der Waals surface area (Å²) in [5, 5.41) is 7.59. The lowest BCUT2D eigenvalue weighted by Crippen LogP contribution is -2.41. The van der Waals surface area contributed by atoms with Crippen molar-refractivity contribution in [2.24, 2.45) is 0 Å². The quantitative estimate of drug-likeness (QED) is 0.299. The maximum absolute atomic E-state index is 13.1. The second-order valence-electron chi connectivity index (χ2n) is 7.39. The molecule has 10 nitrogen and oxygen atoms in total. The number of hydrogen-bond donors (Lipinski definition) is 0. The van der Waals surface area contributed by atoms with Gasteiger partial charge in [0.05, 0.1) is 12.7 Å². The van der Waals surface area contributed by atoms with Crippen LogP contribution in [0.2, 0.25) is 0 Å². The van der Waals surface area contributed by atoms with E-state index in [2.05, 4.69) is 10.4 Å².